The summed E-state index contributed by atoms with van der Waals surface area (Å²) in [6, 6.07) is 7.57. The van der Waals surface area contributed by atoms with Gasteiger partial charge in [0.1, 0.15) is 5.69 Å². The van der Waals surface area contributed by atoms with Gasteiger partial charge in [0, 0.05) is 29.1 Å². The summed E-state index contributed by atoms with van der Waals surface area (Å²) in [5.41, 5.74) is 4.11. The van der Waals surface area contributed by atoms with Crippen molar-refractivity contribution in [2.24, 2.45) is 10.9 Å². The molecule has 0 saturated heterocycles. The average Bonchev–Trinajstić information content (AvgIpc) is 3.34. The van der Waals surface area contributed by atoms with Crippen molar-refractivity contribution in [2.75, 3.05) is 13.7 Å². The Bertz CT molecular complexity index is 1160. The van der Waals surface area contributed by atoms with Crippen molar-refractivity contribution in [3.63, 3.8) is 0 Å². The standard InChI is InChI=1S/C20H23N7O3/c1-10(24-12(3)30-22)9-23-20(28)19-25-11(2)17(27-19)13-5-6-15-14(7-13)8-16(26-15)18(21)29-4/h5-8,21,26H,1,9,22H2,2-4H3,(H,23,28)(H,25,27)/b21-18?,24-12-. The number of aryl methyl sites for hydroxylation is 1. The van der Waals surface area contributed by atoms with Crippen LogP contribution in [0.4, 0.5) is 0 Å². The van der Waals surface area contributed by atoms with Gasteiger partial charge in [-0.2, -0.15) is 5.90 Å². The summed E-state index contributed by atoms with van der Waals surface area (Å²) in [6.45, 7) is 7.28. The first-order valence-corrected chi connectivity index (χ1v) is 9.03. The van der Waals surface area contributed by atoms with Gasteiger partial charge in [-0.05, 0) is 25.1 Å². The highest BCUT2D eigenvalue weighted by Crippen LogP contribution is 2.26. The number of hydrogen-bond acceptors (Lipinski definition) is 7. The van der Waals surface area contributed by atoms with E-state index < -0.39 is 0 Å². The number of ether oxygens (including phenoxy) is 1. The maximum atomic E-state index is 12.4. The third-order valence-electron chi connectivity index (χ3n) is 4.38. The number of carbonyl (C=O) groups excluding carboxylic acids is 1. The van der Waals surface area contributed by atoms with Gasteiger partial charge in [-0.3, -0.25) is 10.2 Å². The second kappa shape index (κ2) is 8.62. The number of rotatable bonds is 6. The number of fused-ring (bicyclic) bond motifs is 1. The zero-order chi connectivity index (χ0) is 21.8. The van der Waals surface area contributed by atoms with Crippen LogP contribution >= 0.6 is 0 Å². The normalized spacial score (nSPS) is 11.4. The van der Waals surface area contributed by atoms with Crippen molar-refractivity contribution < 1.29 is 14.4 Å². The number of aromatic nitrogens is 3. The Morgan fingerprint density at radius 1 is 1.37 bits per heavy atom. The molecule has 10 heteroatoms. The lowest BCUT2D eigenvalue weighted by Crippen LogP contribution is -2.26. The summed E-state index contributed by atoms with van der Waals surface area (Å²) < 4.78 is 4.96. The number of carbonyl (C=O) groups is 1. The Morgan fingerprint density at radius 2 is 2.13 bits per heavy atom. The minimum Gasteiger partial charge on any atom is -0.480 e. The molecule has 0 radical (unpaired) electrons. The Labute approximate surface area is 172 Å². The van der Waals surface area contributed by atoms with Crippen LogP contribution < -0.4 is 11.2 Å². The van der Waals surface area contributed by atoms with Crippen LogP contribution in [0.1, 0.15) is 28.9 Å². The van der Waals surface area contributed by atoms with Crippen molar-refractivity contribution in [1.82, 2.24) is 20.3 Å². The van der Waals surface area contributed by atoms with E-state index in [2.05, 4.69) is 36.7 Å². The summed E-state index contributed by atoms with van der Waals surface area (Å²) >= 11 is 0. The largest absolute Gasteiger partial charge is 0.480 e. The lowest BCUT2D eigenvalue weighted by atomic mass is 10.1. The molecule has 0 fully saturated rings. The van der Waals surface area contributed by atoms with Crippen molar-refractivity contribution >= 4 is 28.6 Å². The zero-order valence-corrected chi connectivity index (χ0v) is 16.9. The molecule has 6 N–H and O–H groups in total. The number of aromatic amines is 2. The van der Waals surface area contributed by atoms with Crippen LogP contribution in [0.25, 0.3) is 22.2 Å². The van der Waals surface area contributed by atoms with E-state index in [-0.39, 0.29) is 30.1 Å². The van der Waals surface area contributed by atoms with Crippen LogP contribution in [0, 0.1) is 12.3 Å². The first-order chi connectivity index (χ1) is 14.3. The van der Waals surface area contributed by atoms with Gasteiger partial charge in [0.2, 0.25) is 11.8 Å². The fourth-order valence-corrected chi connectivity index (χ4v) is 2.92. The number of methoxy groups -OCH3 is 1. The molecular weight excluding hydrogens is 386 g/mol. The van der Waals surface area contributed by atoms with Crippen LogP contribution in [-0.4, -0.2) is 46.3 Å². The molecule has 2 aromatic heterocycles. The summed E-state index contributed by atoms with van der Waals surface area (Å²) in [7, 11) is 1.45. The van der Waals surface area contributed by atoms with Crippen molar-refractivity contribution in [2.45, 2.75) is 13.8 Å². The second-order valence-corrected chi connectivity index (χ2v) is 6.57. The topological polar surface area (TPSA) is 154 Å². The number of nitrogens with one attached hydrogen (secondary N) is 4. The molecule has 1 aromatic carbocycles. The Balaban J connectivity index is 1.79. The van der Waals surface area contributed by atoms with Gasteiger partial charge in [-0.25, -0.2) is 9.98 Å². The van der Waals surface area contributed by atoms with Gasteiger partial charge in [0.05, 0.1) is 25.0 Å². The molecule has 0 saturated carbocycles. The fourth-order valence-electron chi connectivity index (χ4n) is 2.92. The molecule has 0 aliphatic carbocycles. The van der Waals surface area contributed by atoms with Crippen molar-refractivity contribution in [3.8, 4) is 11.3 Å². The van der Waals surface area contributed by atoms with Crippen LogP contribution in [0.5, 0.6) is 0 Å². The third kappa shape index (κ3) is 4.39. The van der Waals surface area contributed by atoms with E-state index in [0.29, 0.717) is 17.1 Å². The molecule has 3 aromatic rings. The lowest BCUT2D eigenvalue weighted by molar-refractivity contribution is 0.0947. The maximum absolute atomic E-state index is 12.4. The quantitative estimate of drug-likeness (QED) is 0.240. The number of aliphatic imine (C=N–C) groups is 1. The van der Waals surface area contributed by atoms with E-state index in [1.54, 1.807) is 6.92 Å². The van der Waals surface area contributed by atoms with E-state index in [0.717, 1.165) is 22.2 Å². The molecule has 10 nitrogen and oxygen atoms in total. The summed E-state index contributed by atoms with van der Waals surface area (Å²) in [5.74, 6) is 5.11. The molecule has 2 heterocycles. The first-order valence-electron chi connectivity index (χ1n) is 9.03. The maximum Gasteiger partial charge on any atom is 0.287 e. The number of nitrogens with zero attached hydrogens (tertiary/aromatic N) is 2. The van der Waals surface area contributed by atoms with Gasteiger partial charge in [0.15, 0.2) is 5.82 Å². The summed E-state index contributed by atoms with van der Waals surface area (Å²) in [5, 5.41) is 11.4. The molecule has 0 aliphatic rings. The SMILES string of the molecule is C=C(CNC(=O)c1nc(-c2ccc3[nH]c(C(=N)OC)cc3c2)c(C)[nH]1)/N=C(/C)ON. The van der Waals surface area contributed by atoms with Gasteiger partial charge in [0.25, 0.3) is 5.91 Å². The van der Waals surface area contributed by atoms with E-state index in [1.165, 1.54) is 7.11 Å². The van der Waals surface area contributed by atoms with Gasteiger partial charge >= 0.3 is 0 Å². The minimum absolute atomic E-state index is 0.0572. The van der Waals surface area contributed by atoms with E-state index in [9.17, 15) is 4.79 Å². The highest BCUT2D eigenvalue weighted by molar-refractivity contribution is 5.97. The van der Waals surface area contributed by atoms with Gasteiger partial charge in [-0.15, -0.1) is 0 Å². The van der Waals surface area contributed by atoms with Crippen molar-refractivity contribution in [1.29, 1.82) is 5.41 Å². The number of imidazole rings is 1. The third-order valence-corrected chi connectivity index (χ3v) is 4.38. The molecule has 0 aliphatic heterocycles. The number of amides is 1. The molecule has 0 unspecified atom stereocenters. The molecule has 156 valence electrons. The lowest BCUT2D eigenvalue weighted by Gasteiger charge is -2.03. The molecule has 0 spiro atoms. The molecule has 1 amide bonds. The number of hydrogen-bond donors (Lipinski definition) is 5. The minimum atomic E-state index is -0.384. The predicted octanol–water partition coefficient (Wildman–Crippen LogP) is 2.39. The smallest absolute Gasteiger partial charge is 0.287 e. The Hall–Kier alpha value is -3.92. The summed E-state index contributed by atoms with van der Waals surface area (Å²) in [6.07, 6.45) is 0. The second-order valence-electron chi connectivity index (χ2n) is 6.57. The molecule has 3 rings (SSSR count). The molecular formula is C20H23N7O3. The highest BCUT2D eigenvalue weighted by Gasteiger charge is 2.16. The Kier molecular flexibility index (Phi) is 5.98. The van der Waals surface area contributed by atoms with Crippen molar-refractivity contribution in [3.05, 3.63) is 53.8 Å². The Morgan fingerprint density at radius 3 is 2.83 bits per heavy atom. The highest BCUT2D eigenvalue weighted by atomic mass is 16.6. The first kappa shape index (κ1) is 20.8. The molecule has 0 atom stereocenters. The van der Waals surface area contributed by atoms with Crippen LogP contribution in [-0.2, 0) is 9.57 Å². The van der Waals surface area contributed by atoms with E-state index in [4.69, 9.17) is 16.0 Å². The molecule has 30 heavy (non-hydrogen) atoms. The zero-order valence-electron chi connectivity index (χ0n) is 16.9. The summed E-state index contributed by atoms with van der Waals surface area (Å²) in [4.78, 5) is 31.5. The number of benzene rings is 1. The van der Waals surface area contributed by atoms with Gasteiger partial charge in [-0.1, -0.05) is 12.6 Å². The number of nitrogens with two attached hydrogens (primary N) is 1. The predicted molar refractivity (Wildman–Crippen MR) is 114 cm³/mol. The monoisotopic (exact) mass is 409 g/mol. The van der Waals surface area contributed by atoms with Crippen LogP contribution in [0.2, 0.25) is 0 Å². The molecule has 0 bridgehead atoms. The fraction of sp³-hybridized carbons (Fsp3) is 0.200. The van der Waals surface area contributed by atoms with Gasteiger partial charge < -0.3 is 24.9 Å². The number of H-pyrrole nitrogens is 2. The van der Waals surface area contributed by atoms with Crippen LogP contribution in [0.15, 0.2) is 41.5 Å². The van der Waals surface area contributed by atoms with Crippen LogP contribution in [0.3, 0.4) is 0 Å². The van der Waals surface area contributed by atoms with E-state index >= 15 is 0 Å². The van der Waals surface area contributed by atoms with E-state index in [1.807, 2.05) is 31.2 Å². The average molecular weight is 409 g/mol.